The quantitative estimate of drug-likeness (QED) is 0.708. The average Bonchev–Trinajstić information content (AvgIpc) is 2.59. The zero-order valence-electron chi connectivity index (χ0n) is 11.8. The van der Waals surface area contributed by atoms with Crippen molar-refractivity contribution in [1.82, 2.24) is 20.8 Å². The summed E-state index contributed by atoms with van der Waals surface area (Å²) >= 11 is 5.82. The number of benzene rings is 2. The van der Waals surface area contributed by atoms with Crippen molar-refractivity contribution in [2.75, 3.05) is 0 Å². The molecule has 0 fully saturated rings. The summed E-state index contributed by atoms with van der Waals surface area (Å²) in [7, 11) is 0. The summed E-state index contributed by atoms with van der Waals surface area (Å²) in [6.07, 6.45) is 1.35. The van der Waals surface area contributed by atoms with Crippen LogP contribution in [0.15, 0.2) is 54.7 Å². The summed E-state index contributed by atoms with van der Waals surface area (Å²) in [6, 6.07) is 13.6. The molecule has 114 valence electrons. The van der Waals surface area contributed by atoms with Crippen molar-refractivity contribution in [2.24, 2.45) is 0 Å². The number of nitrogens with one attached hydrogen (secondary N) is 2. The summed E-state index contributed by atoms with van der Waals surface area (Å²) in [6.45, 7) is 0. The topological polar surface area (TPSA) is 84.0 Å². The van der Waals surface area contributed by atoms with E-state index in [4.69, 9.17) is 11.6 Å². The zero-order chi connectivity index (χ0) is 16.2. The van der Waals surface area contributed by atoms with Gasteiger partial charge in [-0.05, 0) is 30.3 Å². The van der Waals surface area contributed by atoms with Gasteiger partial charge in [0.15, 0.2) is 0 Å². The molecule has 0 unspecified atom stereocenters. The van der Waals surface area contributed by atoms with E-state index in [0.29, 0.717) is 21.6 Å². The van der Waals surface area contributed by atoms with Gasteiger partial charge in [-0.2, -0.15) is 0 Å². The van der Waals surface area contributed by atoms with E-state index in [0.717, 1.165) is 0 Å². The highest BCUT2D eigenvalue weighted by molar-refractivity contribution is 6.30. The number of fused-ring (bicyclic) bond motifs is 1. The molecule has 23 heavy (non-hydrogen) atoms. The van der Waals surface area contributed by atoms with E-state index in [1.807, 2.05) is 6.07 Å². The van der Waals surface area contributed by atoms with E-state index in [1.54, 1.807) is 36.4 Å². The Bertz CT molecular complexity index is 898. The fourth-order valence-electron chi connectivity index (χ4n) is 1.95. The Morgan fingerprint density at radius 2 is 1.65 bits per heavy atom. The first-order valence-corrected chi connectivity index (χ1v) is 7.09. The number of nitrogens with zero attached hydrogens (tertiary/aromatic N) is 2. The molecule has 0 aliphatic rings. The lowest BCUT2D eigenvalue weighted by molar-refractivity contribution is 0.0844. The van der Waals surface area contributed by atoms with Gasteiger partial charge in [-0.25, -0.2) is 4.98 Å². The second kappa shape index (κ2) is 6.41. The van der Waals surface area contributed by atoms with Gasteiger partial charge in [0, 0.05) is 10.6 Å². The maximum Gasteiger partial charge on any atom is 0.289 e. The molecule has 0 spiro atoms. The summed E-state index contributed by atoms with van der Waals surface area (Å²) in [5.41, 5.74) is 6.33. The molecule has 1 aromatic heterocycles. The molecule has 0 atom stereocenters. The van der Waals surface area contributed by atoms with Crippen molar-refractivity contribution in [3.05, 3.63) is 71.0 Å². The molecule has 0 bridgehead atoms. The van der Waals surface area contributed by atoms with Gasteiger partial charge < -0.3 is 0 Å². The predicted molar refractivity (Wildman–Crippen MR) is 85.9 cm³/mol. The van der Waals surface area contributed by atoms with E-state index in [9.17, 15) is 9.59 Å². The second-order valence-corrected chi connectivity index (χ2v) is 5.10. The van der Waals surface area contributed by atoms with Crippen LogP contribution in [0.5, 0.6) is 0 Å². The first-order valence-electron chi connectivity index (χ1n) is 6.71. The molecule has 2 N–H and O–H groups in total. The van der Waals surface area contributed by atoms with Gasteiger partial charge in [-0.15, -0.1) is 0 Å². The van der Waals surface area contributed by atoms with Crippen LogP contribution >= 0.6 is 11.6 Å². The minimum Gasteiger partial charge on any atom is -0.267 e. The van der Waals surface area contributed by atoms with Gasteiger partial charge in [-0.1, -0.05) is 29.8 Å². The van der Waals surface area contributed by atoms with Crippen molar-refractivity contribution in [3.63, 3.8) is 0 Å². The Balaban J connectivity index is 1.69. The number of aromatic nitrogens is 2. The summed E-state index contributed by atoms with van der Waals surface area (Å²) in [5, 5.41) is 0.435. The molecule has 1 heterocycles. The van der Waals surface area contributed by atoms with E-state index < -0.39 is 11.8 Å². The van der Waals surface area contributed by atoms with Crippen LogP contribution in [-0.4, -0.2) is 21.8 Å². The fourth-order valence-corrected chi connectivity index (χ4v) is 2.14. The lowest BCUT2D eigenvalue weighted by Crippen LogP contribution is -2.42. The van der Waals surface area contributed by atoms with Crippen LogP contribution < -0.4 is 10.9 Å². The minimum atomic E-state index is -0.557. The van der Waals surface area contributed by atoms with Gasteiger partial charge >= 0.3 is 0 Å². The zero-order valence-corrected chi connectivity index (χ0v) is 12.5. The maximum atomic E-state index is 12.0. The number of carbonyl (C=O) groups excluding carboxylic acids is 2. The number of carbonyl (C=O) groups is 2. The van der Waals surface area contributed by atoms with Crippen LogP contribution in [0.3, 0.4) is 0 Å². The number of halogens is 1. The number of hydrogen-bond donors (Lipinski definition) is 2. The molecule has 0 aliphatic carbocycles. The number of hydrogen-bond acceptors (Lipinski definition) is 4. The highest BCUT2D eigenvalue weighted by atomic mass is 35.5. The third kappa shape index (κ3) is 3.44. The smallest absolute Gasteiger partial charge is 0.267 e. The summed E-state index contributed by atoms with van der Waals surface area (Å²) < 4.78 is 0. The highest BCUT2D eigenvalue weighted by Crippen LogP contribution is 2.10. The predicted octanol–water partition coefficient (Wildman–Crippen LogP) is 2.36. The molecule has 7 heteroatoms. The monoisotopic (exact) mass is 326 g/mol. The van der Waals surface area contributed by atoms with Crippen LogP contribution in [0.1, 0.15) is 20.8 Å². The van der Waals surface area contributed by atoms with Crippen LogP contribution in [0, 0.1) is 0 Å². The van der Waals surface area contributed by atoms with E-state index in [-0.39, 0.29) is 5.69 Å². The lowest BCUT2D eigenvalue weighted by Gasteiger charge is -2.07. The second-order valence-electron chi connectivity index (χ2n) is 4.66. The number of amides is 2. The van der Waals surface area contributed by atoms with Gasteiger partial charge in [0.25, 0.3) is 11.8 Å². The molecule has 0 aliphatic heterocycles. The van der Waals surface area contributed by atoms with Crippen molar-refractivity contribution >= 4 is 34.4 Å². The Hall–Kier alpha value is -2.99. The number of rotatable bonds is 2. The van der Waals surface area contributed by atoms with Gasteiger partial charge in [0.2, 0.25) is 0 Å². The Labute approximate surface area is 136 Å². The molecular formula is C16H11ClN4O2. The highest BCUT2D eigenvalue weighted by Gasteiger charge is 2.11. The van der Waals surface area contributed by atoms with E-state index in [1.165, 1.54) is 12.3 Å². The molecule has 2 aromatic carbocycles. The largest absolute Gasteiger partial charge is 0.289 e. The maximum absolute atomic E-state index is 12.0. The molecule has 3 rings (SSSR count). The van der Waals surface area contributed by atoms with Crippen molar-refractivity contribution in [1.29, 1.82) is 0 Å². The molecule has 0 saturated heterocycles. The SMILES string of the molecule is O=C(NNC(=O)c1cnc2ccccc2n1)c1cccc(Cl)c1. The summed E-state index contributed by atoms with van der Waals surface area (Å²) in [5.74, 6) is -1.03. The van der Waals surface area contributed by atoms with Gasteiger partial charge in [0.1, 0.15) is 5.69 Å². The first kappa shape index (κ1) is 14.9. The normalized spacial score (nSPS) is 10.3. The molecule has 0 saturated carbocycles. The standard InChI is InChI=1S/C16H11ClN4O2/c17-11-5-3-4-10(8-11)15(22)20-21-16(23)14-9-18-12-6-1-2-7-13(12)19-14/h1-9H,(H,20,22)(H,21,23). The van der Waals surface area contributed by atoms with E-state index in [2.05, 4.69) is 20.8 Å². The third-order valence-corrected chi connectivity index (χ3v) is 3.29. The third-order valence-electron chi connectivity index (χ3n) is 3.06. The van der Waals surface area contributed by atoms with Crippen LogP contribution in [0.4, 0.5) is 0 Å². The average molecular weight is 327 g/mol. The van der Waals surface area contributed by atoms with Crippen molar-refractivity contribution in [2.45, 2.75) is 0 Å². The van der Waals surface area contributed by atoms with Gasteiger partial charge in [-0.3, -0.25) is 25.4 Å². The Kier molecular flexibility index (Phi) is 4.16. The van der Waals surface area contributed by atoms with Crippen LogP contribution in [0.25, 0.3) is 11.0 Å². The molecule has 3 aromatic rings. The van der Waals surface area contributed by atoms with Gasteiger partial charge in [0.05, 0.1) is 17.2 Å². The van der Waals surface area contributed by atoms with Crippen LogP contribution in [0.2, 0.25) is 5.02 Å². The molecule has 0 radical (unpaired) electrons. The van der Waals surface area contributed by atoms with Crippen molar-refractivity contribution < 1.29 is 9.59 Å². The molecular weight excluding hydrogens is 316 g/mol. The van der Waals surface area contributed by atoms with Crippen LogP contribution in [-0.2, 0) is 0 Å². The Morgan fingerprint density at radius 3 is 2.43 bits per heavy atom. The lowest BCUT2D eigenvalue weighted by atomic mass is 10.2. The fraction of sp³-hybridized carbons (Fsp3) is 0. The number of para-hydroxylation sites is 2. The molecule has 6 nitrogen and oxygen atoms in total. The summed E-state index contributed by atoms with van der Waals surface area (Å²) in [4.78, 5) is 32.3. The molecule has 2 amide bonds. The Morgan fingerprint density at radius 1 is 0.913 bits per heavy atom. The first-order chi connectivity index (χ1) is 11.1. The van der Waals surface area contributed by atoms with E-state index >= 15 is 0 Å². The minimum absolute atomic E-state index is 0.107. The van der Waals surface area contributed by atoms with Crippen molar-refractivity contribution in [3.8, 4) is 0 Å². The number of hydrazine groups is 1.